The molecule has 12 heavy (non-hydrogen) atoms. The molecule has 4 heteroatoms. The van der Waals surface area contributed by atoms with Crippen molar-refractivity contribution in [3.05, 3.63) is 23.9 Å². The second-order valence-electron chi connectivity index (χ2n) is 2.47. The minimum Gasteiger partial charge on any atom is -0.451 e. The number of rotatable bonds is 3. The van der Waals surface area contributed by atoms with Gasteiger partial charge in [-0.1, -0.05) is 0 Å². The second kappa shape index (κ2) is 4.04. The molecule has 0 unspecified atom stereocenters. The number of hydrogen-bond acceptors (Lipinski definition) is 4. The van der Waals surface area contributed by atoms with E-state index < -0.39 is 6.10 Å². The molecule has 1 rings (SSSR count). The molecule has 66 valence electrons. The lowest BCUT2D eigenvalue weighted by Crippen LogP contribution is -2.07. The van der Waals surface area contributed by atoms with Gasteiger partial charge in [-0.05, 0) is 18.6 Å². The number of oxazole rings is 1. The van der Waals surface area contributed by atoms with Gasteiger partial charge in [-0.25, -0.2) is 4.98 Å². The molecular weight excluding hydrogens is 158 g/mol. The third-order valence-corrected chi connectivity index (χ3v) is 1.50. The van der Waals surface area contributed by atoms with Crippen LogP contribution in [0.5, 0.6) is 0 Å². The molecule has 0 aliphatic rings. The Kier molecular flexibility index (Phi) is 3.01. The van der Waals surface area contributed by atoms with Crippen molar-refractivity contribution in [2.24, 2.45) is 0 Å². The van der Waals surface area contributed by atoms with E-state index in [-0.39, 0.29) is 6.61 Å². The Morgan fingerprint density at radius 2 is 2.58 bits per heavy atom. The molecule has 0 fully saturated rings. The Labute approximate surface area is 70.2 Å². The summed E-state index contributed by atoms with van der Waals surface area (Å²) in [4.78, 5) is 3.82. The fraction of sp³-hybridized carbons (Fsp3) is 0.375. The highest BCUT2D eigenvalue weighted by Crippen LogP contribution is 2.07. The highest BCUT2D eigenvalue weighted by Gasteiger charge is 2.03. The number of hydrogen-bond donors (Lipinski definition) is 2. The molecule has 1 atom stereocenters. The maximum Gasteiger partial charge on any atom is 0.181 e. The first kappa shape index (κ1) is 8.96. The summed E-state index contributed by atoms with van der Waals surface area (Å²) in [6.45, 7) is 1.41. The van der Waals surface area contributed by atoms with Crippen LogP contribution in [0.2, 0.25) is 0 Å². The van der Waals surface area contributed by atoms with E-state index in [1.165, 1.54) is 12.7 Å². The molecular formula is C8H11NO3. The topological polar surface area (TPSA) is 66.5 Å². The summed E-state index contributed by atoms with van der Waals surface area (Å²) < 4.78 is 4.72. The molecule has 0 radical (unpaired) electrons. The minimum absolute atomic E-state index is 0.176. The van der Waals surface area contributed by atoms with Crippen LogP contribution in [0, 0.1) is 0 Å². The van der Waals surface area contributed by atoms with E-state index in [9.17, 15) is 0 Å². The van der Waals surface area contributed by atoms with Crippen molar-refractivity contribution in [3.8, 4) is 0 Å². The van der Waals surface area contributed by atoms with Crippen LogP contribution in [-0.4, -0.2) is 27.9 Å². The summed E-state index contributed by atoms with van der Waals surface area (Å²) in [6.07, 6.45) is 3.67. The van der Waals surface area contributed by atoms with Crippen molar-refractivity contribution >= 4 is 6.08 Å². The van der Waals surface area contributed by atoms with E-state index >= 15 is 0 Å². The first-order chi connectivity index (χ1) is 5.74. The van der Waals surface area contributed by atoms with Gasteiger partial charge in [0.05, 0.1) is 12.7 Å². The smallest absolute Gasteiger partial charge is 0.181 e. The van der Waals surface area contributed by atoms with Gasteiger partial charge in [0, 0.05) is 0 Å². The SMILES string of the molecule is C[C@H](O)/C(=C\c1cocn1)CO. The largest absolute Gasteiger partial charge is 0.451 e. The molecule has 1 aromatic heterocycles. The first-order valence-electron chi connectivity index (χ1n) is 3.61. The number of aliphatic hydroxyl groups is 2. The van der Waals surface area contributed by atoms with Crippen molar-refractivity contribution in [1.82, 2.24) is 4.98 Å². The van der Waals surface area contributed by atoms with Crippen LogP contribution >= 0.6 is 0 Å². The average molecular weight is 169 g/mol. The minimum atomic E-state index is -0.660. The van der Waals surface area contributed by atoms with Crippen LogP contribution in [0.1, 0.15) is 12.6 Å². The Morgan fingerprint density at radius 1 is 1.83 bits per heavy atom. The lowest BCUT2D eigenvalue weighted by Gasteiger charge is -2.04. The zero-order chi connectivity index (χ0) is 8.97. The molecule has 0 saturated heterocycles. The molecule has 0 spiro atoms. The van der Waals surface area contributed by atoms with Gasteiger partial charge in [0.25, 0.3) is 0 Å². The summed E-state index contributed by atoms with van der Waals surface area (Å²) in [7, 11) is 0. The molecule has 0 aromatic carbocycles. The molecule has 2 N–H and O–H groups in total. The van der Waals surface area contributed by atoms with E-state index in [1.807, 2.05) is 0 Å². The van der Waals surface area contributed by atoms with Gasteiger partial charge < -0.3 is 14.6 Å². The zero-order valence-electron chi connectivity index (χ0n) is 6.77. The number of aliphatic hydroxyl groups excluding tert-OH is 2. The predicted molar refractivity (Wildman–Crippen MR) is 43.2 cm³/mol. The second-order valence-corrected chi connectivity index (χ2v) is 2.47. The summed E-state index contributed by atoms with van der Waals surface area (Å²) in [5.41, 5.74) is 1.11. The van der Waals surface area contributed by atoms with E-state index in [2.05, 4.69) is 4.98 Å². The highest BCUT2D eigenvalue weighted by molar-refractivity contribution is 5.48. The Bertz CT molecular complexity index is 251. The first-order valence-corrected chi connectivity index (χ1v) is 3.61. The average Bonchev–Trinajstić information content (AvgIpc) is 2.51. The molecule has 0 amide bonds. The van der Waals surface area contributed by atoms with Crippen molar-refractivity contribution in [2.45, 2.75) is 13.0 Å². The van der Waals surface area contributed by atoms with E-state index in [0.717, 1.165) is 0 Å². The Balaban J connectivity index is 2.78. The van der Waals surface area contributed by atoms with Crippen molar-refractivity contribution in [2.75, 3.05) is 6.61 Å². The van der Waals surface area contributed by atoms with Gasteiger partial charge >= 0.3 is 0 Å². The number of nitrogens with zero attached hydrogens (tertiary/aromatic N) is 1. The third kappa shape index (κ3) is 2.18. The van der Waals surface area contributed by atoms with Gasteiger partial charge in [-0.2, -0.15) is 0 Å². The monoisotopic (exact) mass is 169 g/mol. The van der Waals surface area contributed by atoms with Crippen molar-refractivity contribution < 1.29 is 14.6 Å². The molecule has 1 heterocycles. The molecule has 1 aromatic rings. The standard InChI is InChI=1S/C8H11NO3/c1-6(11)7(3-10)2-8-4-12-5-9-8/h2,4-6,10-11H,3H2,1H3/b7-2-/t6-/m0/s1. The van der Waals surface area contributed by atoms with Crippen molar-refractivity contribution in [1.29, 1.82) is 0 Å². The Hall–Kier alpha value is -1.13. The number of aromatic nitrogens is 1. The maximum atomic E-state index is 9.12. The van der Waals surface area contributed by atoms with Crippen LogP contribution in [-0.2, 0) is 0 Å². The fourth-order valence-electron chi connectivity index (χ4n) is 0.781. The van der Waals surface area contributed by atoms with Crippen LogP contribution < -0.4 is 0 Å². The van der Waals surface area contributed by atoms with Gasteiger partial charge in [0.2, 0.25) is 0 Å². The van der Waals surface area contributed by atoms with Crippen molar-refractivity contribution in [3.63, 3.8) is 0 Å². The zero-order valence-corrected chi connectivity index (χ0v) is 6.77. The van der Waals surface area contributed by atoms with Crippen LogP contribution in [0.25, 0.3) is 6.08 Å². The van der Waals surface area contributed by atoms with E-state index in [0.29, 0.717) is 11.3 Å². The quantitative estimate of drug-likeness (QED) is 0.688. The normalized spacial score (nSPS) is 14.8. The van der Waals surface area contributed by atoms with Gasteiger partial charge in [-0.3, -0.25) is 0 Å². The van der Waals surface area contributed by atoms with Gasteiger partial charge in [0.1, 0.15) is 12.0 Å². The van der Waals surface area contributed by atoms with Crippen LogP contribution in [0.15, 0.2) is 22.6 Å². The Morgan fingerprint density at radius 3 is 3.00 bits per heavy atom. The molecule has 0 bridgehead atoms. The molecule has 0 aliphatic carbocycles. The molecule has 4 nitrogen and oxygen atoms in total. The van der Waals surface area contributed by atoms with Crippen LogP contribution in [0.4, 0.5) is 0 Å². The predicted octanol–water partition coefficient (Wildman–Crippen LogP) is 0.431. The summed E-state index contributed by atoms with van der Waals surface area (Å²) >= 11 is 0. The van der Waals surface area contributed by atoms with Crippen LogP contribution in [0.3, 0.4) is 0 Å². The lowest BCUT2D eigenvalue weighted by atomic mass is 10.1. The van der Waals surface area contributed by atoms with E-state index in [1.54, 1.807) is 13.0 Å². The lowest BCUT2D eigenvalue weighted by molar-refractivity contribution is 0.206. The van der Waals surface area contributed by atoms with Gasteiger partial charge in [0.15, 0.2) is 6.39 Å². The third-order valence-electron chi connectivity index (χ3n) is 1.50. The molecule has 0 saturated carbocycles. The van der Waals surface area contributed by atoms with E-state index in [4.69, 9.17) is 14.6 Å². The summed E-state index contributed by atoms with van der Waals surface area (Å²) in [5, 5.41) is 17.9. The highest BCUT2D eigenvalue weighted by atomic mass is 16.3. The summed E-state index contributed by atoms with van der Waals surface area (Å²) in [6, 6.07) is 0. The molecule has 0 aliphatic heterocycles. The maximum absolute atomic E-state index is 9.12. The van der Waals surface area contributed by atoms with Gasteiger partial charge in [-0.15, -0.1) is 0 Å². The fourth-order valence-corrected chi connectivity index (χ4v) is 0.781. The summed E-state index contributed by atoms with van der Waals surface area (Å²) in [5.74, 6) is 0.